The van der Waals surface area contributed by atoms with Gasteiger partial charge in [0.2, 0.25) is 0 Å². The van der Waals surface area contributed by atoms with Crippen molar-refractivity contribution in [2.45, 2.75) is 71.3 Å². The number of anilines is 1. The molecule has 0 bridgehead atoms. The highest BCUT2D eigenvalue weighted by Crippen LogP contribution is 2.24. The lowest BCUT2D eigenvalue weighted by molar-refractivity contribution is -0.153. The van der Waals surface area contributed by atoms with E-state index in [0.717, 1.165) is 22.3 Å². The zero-order valence-electron chi connectivity index (χ0n) is 22.3. The lowest BCUT2D eigenvalue weighted by Crippen LogP contribution is -2.48. The first-order valence-corrected chi connectivity index (χ1v) is 13.5. The molecule has 0 aliphatic carbocycles. The van der Waals surface area contributed by atoms with Crippen molar-refractivity contribution in [2.24, 2.45) is 5.92 Å². The maximum absolute atomic E-state index is 13.8. The molecule has 1 atom stereocenters. The zero-order valence-corrected chi connectivity index (χ0v) is 23.1. The molecule has 2 aromatic heterocycles. The molecule has 1 unspecified atom stereocenters. The molecule has 3 aromatic rings. The van der Waals surface area contributed by atoms with Crippen LogP contribution in [0.5, 0.6) is 0 Å². The number of likely N-dealkylation sites (N-methyl/N-ethyl adjacent to an activating group) is 1. The van der Waals surface area contributed by atoms with Crippen molar-refractivity contribution in [3.63, 3.8) is 0 Å². The van der Waals surface area contributed by atoms with Gasteiger partial charge in [-0.05, 0) is 38.2 Å². The van der Waals surface area contributed by atoms with Crippen LogP contribution in [0.3, 0.4) is 0 Å². The smallest absolute Gasteiger partial charge is 0.339 e. The van der Waals surface area contributed by atoms with Gasteiger partial charge >= 0.3 is 17.7 Å². The molecule has 0 aliphatic heterocycles. The molecule has 2 heterocycles. The lowest BCUT2D eigenvalue weighted by atomic mass is 10.0. The Morgan fingerprint density at radius 1 is 1.14 bits per heavy atom. The molecule has 0 radical (unpaired) electrons. The third-order valence-electron chi connectivity index (χ3n) is 5.67. The van der Waals surface area contributed by atoms with Gasteiger partial charge in [-0.15, -0.1) is 0 Å². The van der Waals surface area contributed by atoms with Gasteiger partial charge in [0.05, 0.1) is 12.6 Å². The summed E-state index contributed by atoms with van der Waals surface area (Å²) >= 11 is 1.43. The number of esters is 1. The van der Waals surface area contributed by atoms with E-state index in [9.17, 15) is 14.4 Å². The highest BCUT2D eigenvalue weighted by atomic mass is 32.2. The van der Waals surface area contributed by atoms with E-state index < -0.39 is 23.7 Å². The summed E-state index contributed by atoms with van der Waals surface area (Å²) in [5, 5.41) is 0.435. The van der Waals surface area contributed by atoms with Crippen LogP contribution in [0.25, 0.3) is 11.2 Å². The normalized spacial score (nSPS) is 12.3. The second-order valence-electron chi connectivity index (χ2n) is 9.63. The molecule has 10 nitrogen and oxygen atoms in total. The van der Waals surface area contributed by atoms with E-state index in [1.807, 2.05) is 51.1 Å². The summed E-state index contributed by atoms with van der Waals surface area (Å²) in [6.45, 7) is 9.64. The first-order valence-electron chi connectivity index (χ1n) is 12.5. The summed E-state index contributed by atoms with van der Waals surface area (Å²) in [7, 11) is 1.49. The Morgan fingerprint density at radius 3 is 2.41 bits per heavy atom. The molecule has 11 heteroatoms. The average molecular weight is 529 g/mol. The van der Waals surface area contributed by atoms with Crippen molar-refractivity contribution in [2.75, 3.05) is 18.5 Å². The second kappa shape index (κ2) is 12.3. The molecule has 37 heavy (non-hydrogen) atoms. The average Bonchev–Trinajstić information content (AvgIpc) is 3.12. The van der Waals surface area contributed by atoms with Gasteiger partial charge in [0.25, 0.3) is 0 Å². The lowest BCUT2D eigenvalue weighted by Gasteiger charge is -2.28. The molecule has 0 fully saturated rings. The number of carbonyl (C=O) groups is 2. The van der Waals surface area contributed by atoms with Crippen LogP contribution >= 0.6 is 11.8 Å². The minimum atomic E-state index is -0.879. The fourth-order valence-electron chi connectivity index (χ4n) is 3.95. The number of thioether (sulfide) groups is 1. The Hall–Kier alpha value is -3.34. The van der Waals surface area contributed by atoms with Gasteiger partial charge in [0.1, 0.15) is 11.6 Å². The second-order valence-corrected chi connectivity index (χ2v) is 10.7. The Bertz CT molecular complexity index is 1300. The quantitative estimate of drug-likeness (QED) is 0.238. The number of fused-ring (bicyclic) bond motifs is 1. The minimum absolute atomic E-state index is 0.0273. The maximum atomic E-state index is 13.8. The predicted octanol–water partition coefficient (Wildman–Crippen LogP) is 3.99. The summed E-state index contributed by atoms with van der Waals surface area (Å²) < 4.78 is 7.82. The molecule has 0 saturated heterocycles. The molecule has 1 amide bonds. The first kappa shape index (κ1) is 28.2. The SMILES string of the molecule is CCCSc1nc(N)c2c(n1)n(Cc1ccccc1)c(=O)n2C(=O)N(C)C(CC(C)C)C(=O)OC(C)C. The van der Waals surface area contributed by atoms with Crippen LogP contribution in [0, 0.1) is 5.92 Å². The number of benzene rings is 1. The van der Waals surface area contributed by atoms with Crippen molar-refractivity contribution in [1.82, 2.24) is 24.0 Å². The van der Waals surface area contributed by atoms with Crippen LogP contribution < -0.4 is 11.4 Å². The van der Waals surface area contributed by atoms with Gasteiger partial charge < -0.3 is 15.4 Å². The van der Waals surface area contributed by atoms with E-state index in [-0.39, 0.29) is 35.5 Å². The number of hydrogen-bond acceptors (Lipinski definition) is 8. The highest BCUT2D eigenvalue weighted by molar-refractivity contribution is 7.99. The molecule has 0 spiro atoms. The molecule has 0 aliphatic rings. The van der Waals surface area contributed by atoms with Crippen molar-refractivity contribution in [3.05, 3.63) is 46.4 Å². The monoisotopic (exact) mass is 528 g/mol. The highest BCUT2D eigenvalue weighted by Gasteiger charge is 2.33. The minimum Gasteiger partial charge on any atom is -0.461 e. The molecular formula is C26H36N6O4S. The Labute approximate surface area is 221 Å². The number of nitrogens with two attached hydrogens (primary N) is 1. The number of carbonyl (C=O) groups excluding carboxylic acids is 2. The third kappa shape index (κ3) is 6.51. The van der Waals surface area contributed by atoms with E-state index in [0.29, 0.717) is 11.6 Å². The molecule has 200 valence electrons. The van der Waals surface area contributed by atoms with Crippen LogP contribution in [-0.2, 0) is 16.1 Å². The Morgan fingerprint density at radius 2 is 1.81 bits per heavy atom. The van der Waals surface area contributed by atoms with Crippen LogP contribution in [-0.4, -0.2) is 60.9 Å². The predicted molar refractivity (Wildman–Crippen MR) is 146 cm³/mol. The first-order chi connectivity index (χ1) is 17.5. The van der Waals surface area contributed by atoms with Crippen LogP contribution in [0.2, 0.25) is 0 Å². The summed E-state index contributed by atoms with van der Waals surface area (Å²) in [6, 6.07) is 7.85. The van der Waals surface area contributed by atoms with Crippen LogP contribution in [0.1, 0.15) is 53.0 Å². The molecule has 1 aromatic carbocycles. The summed E-state index contributed by atoms with van der Waals surface area (Å²) in [6.07, 6.45) is 0.940. The van der Waals surface area contributed by atoms with Gasteiger partial charge in [0.15, 0.2) is 16.6 Å². The fourth-order valence-corrected chi connectivity index (χ4v) is 4.65. The van der Waals surface area contributed by atoms with Crippen LogP contribution in [0.4, 0.5) is 10.6 Å². The standard InChI is InChI=1S/C26H36N6O4S/c1-7-13-37-24-28-21(27)20-22(29-24)31(15-18-11-9-8-10-12-18)26(35)32(20)25(34)30(6)19(14-16(2)3)23(33)36-17(4)5/h8-12,16-17,19H,7,13-15H2,1-6H3,(H2,27,28,29). The number of imidazole rings is 1. The van der Waals surface area contributed by atoms with E-state index >= 15 is 0 Å². The summed E-state index contributed by atoms with van der Waals surface area (Å²) in [5.74, 6) is 0.385. The largest absolute Gasteiger partial charge is 0.461 e. The van der Waals surface area contributed by atoms with Crippen LogP contribution in [0.15, 0.2) is 40.3 Å². The fraction of sp³-hybridized carbons (Fsp3) is 0.500. The van der Waals surface area contributed by atoms with Crippen molar-refractivity contribution in [3.8, 4) is 0 Å². The van der Waals surface area contributed by atoms with Gasteiger partial charge in [-0.3, -0.25) is 4.57 Å². The topological polar surface area (TPSA) is 125 Å². The Kier molecular flexibility index (Phi) is 9.36. The summed E-state index contributed by atoms with van der Waals surface area (Å²) in [5.41, 5.74) is 6.98. The van der Waals surface area contributed by atoms with Gasteiger partial charge in [0, 0.05) is 12.8 Å². The maximum Gasteiger partial charge on any atom is 0.339 e. The number of nitrogens with zero attached hydrogens (tertiary/aromatic N) is 5. The Balaban J connectivity index is 2.16. The summed E-state index contributed by atoms with van der Waals surface area (Å²) in [4.78, 5) is 50.7. The zero-order chi connectivity index (χ0) is 27.3. The van der Waals surface area contributed by atoms with Gasteiger partial charge in [-0.2, -0.15) is 0 Å². The number of nitrogen functional groups attached to an aromatic ring is 1. The van der Waals surface area contributed by atoms with Crippen molar-refractivity contribution < 1.29 is 14.3 Å². The van der Waals surface area contributed by atoms with Gasteiger partial charge in [-0.1, -0.05) is 62.9 Å². The number of ether oxygens (including phenoxy) is 1. The number of aromatic nitrogens is 4. The van der Waals surface area contributed by atoms with Gasteiger partial charge in [-0.25, -0.2) is 28.9 Å². The third-order valence-corrected chi connectivity index (χ3v) is 6.72. The van der Waals surface area contributed by atoms with E-state index in [1.165, 1.54) is 28.3 Å². The van der Waals surface area contributed by atoms with Crippen molar-refractivity contribution >= 4 is 40.7 Å². The number of rotatable bonds is 10. The number of amides is 1. The van der Waals surface area contributed by atoms with E-state index in [2.05, 4.69) is 9.97 Å². The molecule has 3 rings (SSSR count). The molecule has 2 N–H and O–H groups in total. The molecule has 0 saturated carbocycles. The van der Waals surface area contributed by atoms with Crippen molar-refractivity contribution in [1.29, 1.82) is 0 Å². The van der Waals surface area contributed by atoms with E-state index in [1.54, 1.807) is 13.8 Å². The number of hydrogen-bond donors (Lipinski definition) is 1. The van der Waals surface area contributed by atoms with E-state index in [4.69, 9.17) is 10.5 Å². The molecular weight excluding hydrogens is 492 g/mol.